The maximum atomic E-state index is 12.8. The Labute approximate surface area is 134 Å². The summed E-state index contributed by atoms with van der Waals surface area (Å²) >= 11 is 0. The minimum absolute atomic E-state index is 0.166. The monoisotopic (exact) mass is 322 g/mol. The van der Waals surface area contributed by atoms with E-state index in [0.717, 1.165) is 5.56 Å². The Balaban J connectivity index is 3.12. The number of hydrogen-bond acceptors (Lipinski definition) is 3. The molecule has 0 fully saturated rings. The summed E-state index contributed by atoms with van der Waals surface area (Å²) in [6.07, 6.45) is 0.194. The summed E-state index contributed by atoms with van der Waals surface area (Å²) in [4.78, 5) is 0.291. The zero-order valence-electron chi connectivity index (χ0n) is 14.1. The number of sulfonamides is 1. The summed E-state index contributed by atoms with van der Waals surface area (Å²) in [5, 5.41) is 8.78. The lowest BCUT2D eigenvalue weighted by molar-refractivity contribution is 0.285. The topological polar surface area (TPSA) is 61.2 Å². The third-order valence-corrected chi connectivity index (χ3v) is 5.17. The SMILES string of the molecule is CC(C)c1ccc(S(=O)(=O)N(CCC#N)CC(C)(C)C)cc1. The molecule has 0 N–H and O–H groups in total. The van der Waals surface area contributed by atoms with Crippen LogP contribution in [0.5, 0.6) is 0 Å². The van der Waals surface area contributed by atoms with Gasteiger partial charge in [0, 0.05) is 19.5 Å². The van der Waals surface area contributed by atoms with Gasteiger partial charge in [-0.25, -0.2) is 8.42 Å². The molecular weight excluding hydrogens is 296 g/mol. The zero-order valence-corrected chi connectivity index (χ0v) is 14.9. The van der Waals surface area contributed by atoms with Crippen molar-refractivity contribution in [2.75, 3.05) is 13.1 Å². The van der Waals surface area contributed by atoms with Crippen LogP contribution in [0.1, 0.15) is 52.5 Å². The predicted octanol–water partition coefficient (Wildman–Crippen LogP) is 3.76. The molecule has 4 nitrogen and oxygen atoms in total. The van der Waals surface area contributed by atoms with Gasteiger partial charge in [0.2, 0.25) is 10.0 Å². The van der Waals surface area contributed by atoms with Crippen molar-refractivity contribution in [1.82, 2.24) is 4.31 Å². The fourth-order valence-electron chi connectivity index (χ4n) is 2.16. The van der Waals surface area contributed by atoms with Gasteiger partial charge in [-0.15, -0.1) is 0 Å². The van der Waals surface area contributed by atoms with Gasteiger partial charge in [-0.2, -0.15) is 9.57 Å². The van der Waals surface area contributed by atoms with Crippen LogP contribution in [0, 0.1) is 16.7 Å². The van der Waals surface area contributed by atoms with Crippen LogP contribution in [0.15, 0.2) is 29.2 Å². The minimum atomic E-state index is -3.57. The molecule has 0 atom stereocenters. The molecule has 0 radical (unpaired) electrons. The summed E-state index contributed by atoms with van der Waals surface area (Å²) in [5.41, 5.74) is 0.943. The van der Waals surface area contributed by atoms with Crippen molar-refractivity contribution in [2.24, 2.45) is 5.41 Å². The Morgan fingerprint density at radius 3 is 2.14 bits per heavy atom. The second-order valence-electron chi connectivity index (χ2n) is 7.03. The van der Waals surface area contributed by atoms with Crippen LogP contribution in [0.25, 0.3) is 0 Å². The van der Waals surface area contributed by atoms with Gasteiger partial charge in [0.1, 0.15) is 0 Å². The highest BCUT2D eigenvalue weighted by Crippen LogP contribution is 2.24. The molecule has 0 amide bonds. The van der Waals surface area contributed by atoms with Crippen LogP contribution in [-0.2, 0) is 10.0 Å². The van der Waals surface area contributed by atoms with Crippen molar-refractivity contribution in [3.8, 4) is 6.07 Å². The van der Waals surface area contributed by atoms with Gasteiger partial charge in [0.15, 0.2) is 0 Å². The largest absolute Gasteiger partial charge is 0.243 e. The third-order valence-electron chi connectivity index (χ3n) is 3.31. The minimum Gasteiger partial charge on any atom is -0.207 e. The molecule has 0 unspecified atom stereocenters. The molecule has 0 heterocycles. The zero-order chi connectivity index (χ0) is 17.0. The van der Waals surface area contributed by atoms with E-state index in [2.05, 4.69) is 13.8 Å². The molecule has 0 aromatic heterocycles. The Hall–Kier alpha value is -1.38. The summed E-state index contributed by atoms with van der Waals surface area (Å²) in [5.74, 6) is 0.362. The molecule has 122 valence electrons. The van der Waals surface area contributed by atoms with E-state index in [4.69, 9.17) is 5.26 Å². The summed E-state index contributed by atoms with van der Waals surface area (Å²) < 4.78 is 27.0. The highest BCUT2D eigenvalue weighted by atomic mass is 32.2. The van der Waals surface area contributed by atoms with Crippen LogP contribution in [-0.4, -0.2) is 25.8 Å². The molecule has 0 saturated heterocycles. The van der Waals surface area contributed by atoms with Crippen LogP contribution in [0.3, 0.4) is 0 Å². The van der Waals surface area contributed by atoms with Crippen molar-refractivity contribution in [3.05, 3.63) is 29.8 Å². The van der Waals surface area contributed by atoms with Gasteiger partial charge in [-0.3, -0.25) is 0 Å². The summed E-state index contributed by atoms with van der Waals surface area (Å²) in [7, 11) is -3.57. The molecule has 22 heavy (non-hydrogen) atoms. The number of benzene rings is 1. The van der Waals surface area contributed by atoms with Crippen LogP contribution >= 0.6 is 0 Å². The van der Waals surface area contributed by atoms with Crippen LogP contribution < -0.4 is 0 Å². The van der Waals surface area contributed by atoms with Crippen molar-refractivity contribution in [2.45, 2.75) is 51.9 Å². The van der Waals surface area contributed by atoms with Gasteiger partial charge < -0.3 is 0 Å². The number of nitriles is 1. The van der Waals surface area contributed by atoms with Gasteiger partial charge in [-0.05, 0) is 29.0 Å². The van der Waals surface area contributed by atoms with Crippen molar-refractivity contribution < 1.29 is 8.42 Å². The number of hydrogen-bond donors (Lipinski definition) is 0. The molecule has 0 spiro atoms. The van der Waals surface area contributed by atoms with E-state index < -0.39 is 10.0 Å². The number of rotatable bonds is 6. The van der Waals surface area contributed by atoms with Crippen LogP contribution in [0.2, 0.25) is 0 Å². The summed E-state index contributed by atoms with van der Waals surface area (Å²) in [6.45, 7) is 10.7. The normalized spacial score (nSPS) is 12.6. The molecular formula is C17H26N2O2S. The maximum Gasteiger partial charge on any atom is 0.243 e. The van der Waals surface area contributed by atoms with Crippen molar-refractivity contribution in [3.63, 3.8) is 0 Å². The second kappa shape index (κ2) is 7.26. The smallest absolute Gasteiger partial charge is 0.207 e. The highest BCUT2D eigenvalue weighted by molar-refractivity contribution is 7.89. The maximum absolute atomic E-state index is 12.8. The van der Waals surface area contributed by atoms with Crippen molar-refractivity contribution in [1.29, 1.82) is 5.26 Å². The molecule has 0 aliphatic heterocycles. The Kier molecular flexibility index (Phi) is 6.16. The molecule has 1 rings (SSSR count). The molecule has 5 heteroatoms. The van der Waals surface area contributed by atoms with E-state index in [9.17, 15) is 8.42 Å². The molecule has 0 aliphatic carbocycles. The molecule has 0 saturated carbocycles. The molecule has 0 bridgehead atoms. The molecule has 1 aromatic carbocycles. The van der Waals surface area contributed by atoms with E-state index in [-0.39, 0.29) is 18.4 Å². The Morgan fingerprint density at radius 1 is 1.18 bits per heavy atom. The average molecular weight is 322 g/mol. The van der Waals surface area contributed by atoms with Gasteiger partial charge in [0.25, 0.3) is 0 Å². The first-order valence-corrected chi connectivity index (χ1v) is 8.99. The Bertz CT molecular complexity index is 620. The fourth-order valence-corrected chi connectivity index (χ4v) is 3.83. The van der Waals surface area contributed by atoms with E-state index in [0.29, 0.717) is 17.4 Å². The van der Waals surface area contributed by atoms with Gasteiger partial charge >= 0.3 is 0 Å². The summed E-state index contributed by atoms with van der Waals surface area (Å²) in [6, 6.07) is 9.06. The highest BCUT2D eigenvalue weighted by Gasteiger charge is 2.28. The lowest BCUT2D eigenvalue weighted by Gasteiger charge is -2.28. The molecule has 1 aromatic rings. The van der Waals surface area contributed by atoms with E-state index >= 15 is 0 Å². The lowest BCUT2D eigenvalue weighted by atomic mass is 9.97. The fraction of sp³-hybridized carbons (Fsp3) is 0.588. The van der Waals surface area contributed by atoms with Crippen LogP contribution in [0.4, 0.5) is 0 Å². The lowest BCUT2D eigenvalue weighted by Crippen LogP contribution is -2.38. The van der Waals surface area contributed by atoms with E-state index in [1.807, 2.05) is 39.0 Å². The molecule has 0 aliphatic rings. The second-order valence-corrected chi connectivity index (χ2v) is 8.97. The van der Waals surface area contributed by atoms with Gasteiger partial charge in [0.05, 0.1) is 11.0 Å². The Morgan fingerprint density at radius 2 is 1.73 bits per heavy atom. The predicted molar refractivity (Wildman–Crippen MR) is 89.0 cm³/mol. The van der Waals surface area contributed by atoms with E-state index in [1.165, 1.54) is 4.31 Å². The average Bonchev–Trinajstić information content (AvgIpc) is 2.42. The first-order valence-electron chi connectivity index (χ1n) is 7.55. The third kappa shape index (κ3) is 5.11. The van der Waals surface area contributed by atoms with Gasteiger partial charge in [-0.1, -0.05) is 46.8 Å². The first-order chi connectivity index (χ1) is 10.1. The van der Waals surface area contributed by atoms with Crippen molar-refractivity contribution >= 4 is 10.0 Å². The quantitative estimate of drug-likeness (QED) is 0.801. The van der Waals surface area contributed by atoms with E-state index in [1.54, 1.807) is 12.1 Å². The number of nitrogens with zero attached hydrogens (tertiary/aromatic N) is 2. The standard InChI is InChI=1S/C17H26N2O2S/c1-14(2)15-7-9-16(10-8-15)22(20,21)19(12-6-11-18)13-17(3,4)5/h7-10,14H,6,12-13H2,1-5H3. The first kappa shape index (κ1) is 18.7.